The predicted octanol–water partition coefficient (Wildman–Crippen LogP) is 2.98. The van der Waals surface area contributed by atoms with Crippen molar-refractivity contribution in [3.8, 4) is 0 Å². The van der Waals surface area contributed by atoms with E-state index in [1.807, 2.05) is 23.9 Å². The summed E-state index contributed by atoms with van der Waals surface area (Å²) < 4.78 is 0. The smallest absolute Gasteiger partial charge is 0.126 e. The van der Waals surface area contributed by atoms with Crippen molar-refractivity contribution >= 4 is 17.6 Å². The zero-order valence-corrected chi connectivity index (χ0v) is 12.6. The van der Waals surface area contributed by atoms with Crippen molar-refractivity contribution in [1.82, 2.24) is 10.3 Å². The van der Waals surface area contributed by atoms with Crippen molar-refractivity contribution in [3.63, 3.8) is 0 Å². The molecule has 1 unspecified atom stereocenters. The van der Waals surface area contributed by atoms with Gasteiger partial charge in [-0.1, -0.05) is 31.2 Å². The van der Waals surface area contributed by atoms with Crippen molar-refractivity contribution in [2.45, 2.75) is 24.3 Å². The topological polar surface area (TPSA) is 50.9 Å². The second-order valence-electron chi connectivity index (χ2n) is 4.63. The number of benzene rings is 1. The van der Waals surface area contributed by atoms with E-state index in [-0.39, 0.29) is 0 Å². The first-order valence-electron chi connectivity index (χ1n) is 6.90. The Balaban J connectivity index is 1.95. The number of rotatable bonds is 7. The van der Waals surface area contributed by atoms with Gasteiger partial charge in [0.25, 0.3) is 0 Å². The summed E-state index contributed by atoms with van der Waals surface area (Å²) in [6.45, 7) is 3.09. The minimum Gasteiger partial charge on any atom is -0.383 e. The van der Waals surface area contributed by atoms with Crippen LogP contribution >= 0.6 is 11.8 Å². The number of nitrogens with one attached hydrogen (secondary N) is 1. The van der Waals surface area contributed by atoms with Crippen LogP contribution in [-0.4, -0.2) is 23.3 Å². The van der Waals surface area contributed by atoms with Crippen LogP contribution < -0.4 is 11.1 Å². The molecule has 0 aliphatic heterocycles. The van der Waals surface area contributed by atoms with E-state index in [4.69, 9.17) is 5.73 Å². The van der Waals surface area contributed by atoms with Crippen molar-refractivity contribution < 1.29 is 0 Å². The first-order chi connectivity index (χ1) is 9.79. The van der Waals surface area contributed by atoms with Gasteiger partial charge in [-0.25, -0.2) is 4.98 Å². The fourth-order valence-electron chi connectivity index (χ4n) is 2.08. The van der Waals surface area contributed by atoms with E-state index in [1.165, 1.54) is 4.90 Å². The second-order valence-corrected chi connectivity index (χ2v) is 5.72. The van der Waals surface area contributed by atoms with Gasteiger partial charge in [0.1, 0.15) is 5.82 Å². The summed E-state index contributed by atoms with van der Waals surface area (Å²) in [6.07, 6.45) is 2.65. The van der Waals surface area contributed by atoms with Gasteiger partial charge < -0.3 is 11.1 Å². The van der Waals surface area contributed by atoms with Gasteiger partial charge in [-0.3, -0.25) is 0 Å². The van der Waals surface area contributed by atoms with Crippen LogP contribution in [-0.2, 0) is 6.42 Å². The van der Waals surface area contributed by atoms with Gasteiger partial charge in [-0.05, 0) is 36.7 Å². The predicted molar refractivity (Wildman–Crippen MR) is 87.0 cm³/mol. The second kappa shape index (κ2) is 7.92. The number of aromatic nitrogens is 1. The van der Waals surface area contributed by atoms with E-state index in [0.29, 0.717) is 11.9 Å². The Morgan fingerprint density at radius 1 is 1.20 bits per heavy atom. The molecule has 0 saturated heterocycles. The maximum Gasteiger partial charge on any atom is 0.126 e. The molecule has 0 amide bonds. The molecule has 0 radical (unpaired) electrons. The minimum absolute atomic E-state index is 0.400. The lowest BCUT2D eigenvalue weighted by Crippen LogP contribution is -2.33. The Bertz CT molecular complexity index is 516. The van der Waals surface area contributed by atoms with Crippen LogP contribution in [0.25, 0.3) is 0 Å². The molecule has 0 aliphatic rings. The quantitative estimate of drug-likeness (QED) is 0.769. The number of hydrogen-bond donors (Lipinski definition) is 2. The van der Waals surface area contributed by atoms with Crippen molar-refractivity contribution in [2.24, 2.45) is 0 Å². The Kier molecular flexibility index (Phi) is 5.89. The molecular formula is C16H21N3S. The number of likely N-dealkylation sites (N-methyl/N-ethyl adjacent to an activating group) is 1. The number of pyridine rings is 1. The molecule has 20 heavy (non-hydrogen) atoms. The molecule has 4 heteroatoms. The van der Waals surface area contributed by atoms with Crippen molar-refractivity contribution in [3.05, 3.63) is 54.2 Å². The lowest BCUT2D eigenvalue weighted by molar-refractivity contribution is 0.572. The Labute approximate surface area is 125 Å². The Hall–Kier alpha value is -1.52. The molecule has 3 N–H and O–H groups in total. The van der Waals surface area contributed by atoms with Crippen LogP contribution in [0.5, 0.6) is 0 Å². The standard InChI is InChI=1S/C16H21N3S/c1-2-18-14(11-13-7-6-10-19-16(13)17)12-20-15-8-4-3-5-9-15/h3-10,14,18H,2,11-12H2,1H3,(H2,17,19). The minimum atomic E-state index is 0.400. The molecule has 0 aliphatic carbocycles. The molecule has 0 spiro atoms. The van der Waals surface area contributed by atoms with Crippen molar-refractivity contribution in [2.75, 3.05) is 18.0 Å². The third kappa shape index (κ3) is 4.54. The summed E-state index contributed by atoms with van der Waals surface area (Å²) >= 11 is 1.87. The van der Waals surface area contributed by atoms with Crippen LogP contribution in [0.15, 0.2) is 53.6 Å². The van der Waals surface area contributed by atoms with Gasteiger partial charge in [0, 0.05) is 22.9 Å². The first-order valence-corrected chi connectivity index (χ1v) is 7.88. The van der Waals surface area contributed by atoms with Gasteiger partial charge >= 0.3 is 0 Å². The summed E-state index contributed by atoms with van der Waals surface area (Å²) in [5.41, 5.74) is 7.04. The number of hydrogen-bond acceptors (Lipinski definition) is 4. The highest BCUT2D eigenvalue weighted by atomic mass is 32.2. The summed E-state index contributed by atoms with van der Waals surface area (Å²) in [4.78, 5) is 5.45. The number of nitrogens with zero attached hydrogens (tertiary/aromatic N) is 1. The van der Waals surface area contributed by atoms with Crippen molar-refractivity contribution in [1.29, 1.82) is 0 Å². The van der Waals surface area contributed by atoms with Gasteiger partial charge in [0.2, 0.25) is 0 Å². The number of thioether (sulfide) groups is 1. The zero-order chi connectivity index (χ0) is 14.2. The lowest BCUT2D eigenvalue weighted by atomic mass is 10.1. The fourth-order valence-corrected chi connectivity index (χ4v) is 3.06. The van der Waals surface area contributed by atoms with Gasteiger partial charge in [0.05, 0.1) is 0 Å². The first kappa shape index (κ1) is 14.9. The molecule has 0 fully saturated rings. The molecule has 1 heterocycles. The van der Waals surface area contributed by atoms with Crippen LogP contribution in [0.2, 0.25) is 0 Å². The third-order valence-corrected chi connectivity index (χ3v) is 4.25. The van der Waals surface area contributed by atoms with E-state index < -0.39 is 0 Å². The number of nitrogens with two attached hydrogens (primary N) is 1. The van der Waals surface area contributed by atoms with E-state index in [0.717, 1.165) is 24.3 Å². The van der Waals surface area contributed by atoms with Gasteiger partial charge in [-0.15, -0.1) is 11.8 Å². The molecule has 2 aromatic rings. The molecule has 1 atom stereocenters. The molecular weight excluding hydrogens is 266 g/mol. The maximum atomic E-state index is 5.93. The molecule has 1 aromatic carbocycles. The highest BCUT2D eigenvalue weighted by Crippen LogP contribution is 2.20. The highest BCUT2D eigenvalue weighted by molar-refractivity contribution is 7.99. The summed E-state index contributed by atoms with van der Waals surface area (Å²) in [5.74, 6) is 1.66. The van der Waals surface area contributed by atoms with E-state index >= 15 is 0 Å². The summed E-state index contributed by atoms with van der Waals surface area (Å²) in [5, 5.41) is 3.52. The van der Waals surface area contributed by atoms with Crippen LogP contribution in [0, 0.1) is 0 Å². The van der Waals surface area contributed by atoms with Crippen LogP contribution in [0.1, 0.15) is 12.5 Å². The molecule has 3 nitrogen and oxygen atoms in total. The summed E-state index contributed by atoms with van der Waals surface area (Å²) in [6, 6.07) is 14.9. The Morgan fingerprint density at radius 3 is 2.70 bits per heavy atom. The Morgan fingerprint density at radius 2 is 2.00 bits per heavy atom. The molecule has 1 aromatic heterocycles. The average Bonchev–Trinajstić information content (AvgIpc) is 2.48. The normalized spacial score (nSPS) is 12.2. The highest BCUT2D eigenvalue weighted by Gasteiger charge is 2.11. The third-order valence-electron chi connectivity index (χ3n) is 3.08. The molecule has 2 rings (SSSR count). The van der Waals surface area contributed by atoms with E-state index in [9.17, 15) is 0 Å². The lowest BCUT2D eigenvalue weighted by Gasteiger charge is -2.18. The number of nitrogen functional groups attached to an aromatic ring is 1. The largest absolute Gasteiger partial charge is 0.383 e. The van der Waals surface area contributed by atoms with Crippen LogP contribution in [0.4, 0.5) is 5.82 Å². The molecule has 0 saturated carbocycles. The zero-order valence-electron chi connectivity index (χ0n) is 11.8. The van der Waals surface area contributed by atoms with Gasteiger partial charge in [-0.2, -0.15) is 0 Å². The van der Waals surface area contributed by atoms with E-state index in [1.54, 1.807) is 6.20 Å². The van der Waals surface area contributed by atoms with Gasteiger partial charge in [0.15, 0.2) is 0 Å². The monoisotopic (exact) mass is 287 g/mol. The SMILES string of the molecule is CCNC(CSc1ccccc1)Cc1cccnc1N. The summed E-state index contributed by atoms with van der Waals surface area (Å²) in [7, 11) is 0. The van der Waals surface area contributed by atoms with Crippen LogP contribution in [0.3, 0.4) is 0 Å². The number of anilines is 1. The molecule has 0 bridgehead atoms. The van der Waals surface area contributed by atoms with E-state index in [2.05, 4.69) is 47.6 Å². The maximum absolute atomic E-state index is 5.93. The fraction of sp³-hybridized carbons (Fsp3) is 0.312. The molecule has 106 valence electrons. The average molecular weight is 287 g/mol.